The Morgan fingerprint density at radius 3 is 2.59 bits per heavy atom. The number of anilines is 1. The monoisotopic (exact) mass is 631 g/mol. The SMILES string of the molecule is COc1cc(/C=C2\NC(=O)N(CC(=O)Nc3cccc(C)c3)C2=O)cc(I)c1OCc1ccc(Cl)cc1. The highest BCUT2D eigenvalue weighted by atomic mass is 127. The van der Waals surface area contributed by atoms with Crippen molar-refractivity contribution in [2.75, 3.05) is 19.0 Å². The van der Waals surface area contributed by atoms with E-state index in [-0.39, 0.29) is 5.70 Å². The van der Waals surface area contributed by atoms with Crippen LogP contribution < -0.4 is 20.1 Å². The number of carbonyl (C=O) groups is 3. The fourth-order valence-corrected chi connectivity index (χ4v) is 4.56. The average Bonchev–Trinajstić information content (AvgIpc) is 3.11. The van der Waals surface area contributed by atoms with E-state index < -0.39 is 24.4 Å². The summed E-state index contributed by atoms with van der Waals surface area (Å²) in [5, 5.41) is 5.88. The molecule has 0 aromatic heterocycles. The van der Waals surface area contributed by atoms with Gasteiger partial charge in [0.25, 0.3) is 5.91 Å². The van der Waals surface area contributed by atoms with Crippen molar-refractivity contribution in [3.8, 4) is 11.5 Å². The Bertz CT molecular complexity index is 1390. The highest BCUT2D eigenvalue weighted by Gasteiger charge is 2.35. The number of urea groups is 1. The van der Waals surface area contributed by atoms with Gasteiger partial charge >= 0.3 is 6.03 Å². The maximum atomic E-state index is 12.9. The van der Waals surface area contributed by atoms with Crippen LogP contribution in [0.25, 0.3) is 6.08 Å². The first-order valence-electron chi connectivity index (χ1n) is 11.2. The molecule has 0 aliphatic carbocycles. The molecule has 1 aliphatic heterocycles. The van der Waals surface area contributed by atoms with Crippen LogP contribution >= 0.6 is 34.2 Å². The van der Waals surface area contributed by atoms with Crippen LogP contribution in [0.4, 0.5) is 10.5 Å². The summed E-state index contributed by atoms with van der Waals surface area (Å²) in [4.78, 5) is 38.6. The third-order valence-corrected chi connectivity index (χ3v) is 6.48. The van der Waals surface area contributed by atoms with E-state index in [1.54, 1.807) is 36.4 Å². The Labute approximate surface area is 232 Å². The molecule has 4 amide bonds. The summed E-state index contributed by atoms with van der Waals surface area (Å²) in [6.07, 6.45) is 1.53. The molecule has 37 heavy (non-hydrogen) atoms. The van der Waals surface area contributed by atoms with Gasteiger partial charge in [0, 0.05) is 10.7 Å². The van der Waals surface area contributed by atoms with Gasteiger partial charge in [-0.15, -0.1) is 0 Å². The van der Waals surface area contributed by atoms with Gasteiger partial charge < -0.3 is 20.1 Å². The molecule has 0 spiro atoms. The first kappa shape index (κ1) is 26.5. The van der Waals surface area contributed by atoms with Gasteiger partial charge in [-0.05, 0) is 88.7 Å². The zero-order valence-corrected chi connectivity index (χ0v) is 22.9. The highest BCUT2D eigenvalue weighted by molar-refractivity contribution is 14.1. The molecular weight excluding hydrogens is 609 g/mol. The number of aryl methyl sites for hydroxylation is 1. The van der Waals surface area contributed by atoms with E-state index >= 15 is 0 Å². The van der Waals surface area contributed by atoms with Crippen LogP contribution in [0, 0.1) is 10.5 Å². The van der Waals surface area contributed by atoms with E-state index in [0.717, 1.165) is 19.6 Å². The van der Waals surface area contributed by atoms with Crippen LogP contribution in [0.15, 0.2) is 66.4 Å². The number of rotatable bonds is 8. The van der Waals surface area contributed by atoms with Gasteiger partial charge in [0.15, 0.2) is 11.5 Å². The van der Waals surface area contributed by atoms with E-state index in [2.05, 4.69) is 33.2 Å². The topological polar surface area (TPSA) is 97.0 Å². The minimum atomic E-state index is -0.666. The Hall–Kier alpha value is -3.57. The minimum absolute atomic E-state index is 0.0565. The molecule has 1 heterocycles. The summed E-state index contributed by atoms with van der Waals surface area (Å²) in [5.74, 6) is -0.0505. The molecule has 8 nitrogen and oxygen atoms in total. The Morgan fingerprint density at radius 2 is 1.89 bits per heavy atom. The van der Waals surface area contributed by atoms with Crippen molar-refractivity contribution in [3.63, 3.8) is 0 Å². The predicted octanol–water partition coefficient (Wildman–Crippen LogP) is 5.37. The number of hydrogen-bond donors (Lipinski definition) is 2. The van der Waals surface area contributed by atoms with Crippen LogP contribution in [0.3, 0.4) is 0 Å². The molecule has 10 heteroatoms. The Balaban J connectivity index is 1.46. The first-order chi connectivity index (χ1) is 17.7. The third kappa shape index (κ3) is 6.60. The number of hydrogen-bond acceptors (Lipinski definition) is 5. The van der Waals surface area contributed by atoms with E-state index in [0.29, 0.717) is 34.4 Å². The maximum absolute atomic E-state index is 12.9. The highest BCUT2D eigenvalue weighted by Crippen LogP contribution is 2.35. The van der Waals surface area contributed by atoms with Crippen LogP contribution in [0.1, 0.15) is 16.7 Å². The fourth-order valence-electron chi connectivity index (χ4n) is 3.65. The van der Waals surface area contributed by atoms with Crippen molar-refractivity contribution in [2.24, 2.45) is 0 Å². The van der Waals surface area contributed by atoms with Gasteiger partial charge in [0.2, 0.25) is 5.91 Å². The van der Waals surface area contributed by atoms with Gasteiger partial charge in [-0.2, -0.15) is 0 Å². The van der Waals surface area contributed by atoms with Crippen LogP contribution in [-0.2, 0) is 16.2 Å². The lowest BCUT2D eigenvalue weighted by atomic mass is 10.1. The summed E-state index contributed by atoms with van der Waals surface area (Å²) in [6.45, 7) is 1.81. The van der Waals surface area contributed by atoms with Gasteiger partial charge in [0.05, 0.1) is 10.7 Å². The summed E-state index contributed by atoms with van der Waals surface area (Å²) < 4.78 is 12.2. The molecular formula is C27H23ClIN3O5. The first-order valence-corrected chi connectivity index (χ1v) is 12.6. The smallest absolute Gasteiger partial charge is 0.329 e. The third-order valence-electron chi connectivity index (χ3n) is 5.43. The average molecular weight is 632 g/mol. The molecule has 0 saturated carbocycles. The molecule has 190 valence electrons. The molecule has 4 rings (SSSR count). The standard InChI is InChI=1S/C27H23ClIN3O5/c1-16-4-3-5-20(10-16)30-24(33)14-32-26(34)22(31-27(32)35)12-18-11-21(29)25(23(13-18)36-2)37-15-17-6-8-19(28)9-7-17/h3-13H,14-15H2,1-2H3,(H,30,33)(H,31,35)/b22-12-. The number of ether oxygens (including phenoxy) is 2. The zero-order chi connectivity index (χ0) is 26.5. The number of amides is 4. The number of benzene rings is 3. The molecule has 0 atom stereocenters. The molecule has 1 aliphatic rings. The van der Waals surface area contributed by atoms with Crippen molar-refractivity contribution in [1.29, 1.82) is 0 Å². The van der Waals surface area contributed by atoms with E-state index in [1.807, 2.05) is 31.2 Å². The van der Waals surface area contributed by atoms with Gasteiger partial charge in [-0.25, -0.2) is 9.69 Å². The van der Waals surface area contributed by atoms with Gasteiger partial charge in [0.1, 0.15) is 18.8 Å². The Morgan fingerprint density at radius 1 is 1.14 bits per heavy atom. The molecule has 1 fully saturated rings. The summed E-state index contributed by atoms with van der Waals surface area (Å²) in [7, 11) is 1.52. The quantitative estimate of drug-likeness (QED) is 0.198. The molecule has 0 radical (unpaired) electrons. The number of methoxy groups -OCH3 is 1. The van der Waals surface area contributed by atoms with E-state index in [4.69, 9.17) is 21.1 Å². The lowest BCUT2D eigenvalue weighted by Crippen LogP contribution is -2.38. The van der Waals surface area contributed by atoms with Crippen LogP contribution in [0.5, 0.6) is 11.5 Å². The fraction of sp³-hybridized carbons (Fsp3) is 0.148. The van der Waals surface area contributed by atoms with Gasteiger partial charge in [-0.1, -0.05) is 35.9 Å². The molecule has 3 aromatic carbocycles. The van der Waals surface area contributed by atoms with Crippen molar-refractivity contribution < 1.29 is 23.9 Å². The summed E-state index contributed by atoms with van der Waals surface area (Å²) >= 11 is 8.06. The minimum Gasteiger partial charge on any atom is -0.493 e. The van der Waals surface area contributed by atoms with Crippen molar-refractivity contribution in [2.45, 2.75) is 13.5 Å². The van der Waals surface area contributed by atoms with Crippen molar-refractivity contribution in [1.82, 2.24) is 10.2 Å². The van der Waals surface area contributed by atoms with Crippen molar-refractivity contribution >= 4 is 63.8 Å². The second-order valence-electron chi connectivity index (χ2n) is 8.25. The lowest BCUT2D eigenvalue weighted by molar-refractivity contribution is -0.127. The number of imide groups is 1. The van der Waals surface area contributed by atoms with E-state index in [9.17, 15) is 14.4 Å². The lowest BCUT2D eigenvalue weighted by Gasteiger charge is -2.14. The molecule has 1 saturated heterocycles. The van der Waals surface area contributed by atoms with Gasteiger partial charge in [-0.3, -0.25) is 9.59 Å². The van der Waals surface area contributed by atoms with E-state index in [1.165, 1.54) is 13.2 Å². The number of halogens is 2. The second kappa shape index (κ2) is 11.7. The van der Waals surface area contributed by atoms with Crippen LogP contribution in [0.2, 0.25) is 5.02 Å². The molecule has 0 bridgehead atoms. The Kier molecular flexibility index (Phi) is 8.34. The summed E-state index contributed by atoms with van der Waals surface area (Å²) in [6, 6.07) is 17.4. The second-order valence-corrected chi connectivity index (χ2v) is 9.84. The summed E-state index contributed by atoms with van der Waals surface area (Å²) in [5.41, 5.74) is 3.19. The number of carbonyl (C=O) groups excluding carboxylic acids is 3. The number of nitrogens with zero attached hydrogens (tertiary/aromatic N) is 1. The van der Waals surface area contributed by atoms with Crippen molar-refractivity contribution in [3.05, 3.63) is 91.6 Å². The largest absolute Gasteiger partial charge is 0.493 e. The van der Waals surface area contributed by atoms with Crippen LogP contribution in [-0.4, -0.2) is 36.4 Å². The predicted molar refractivity (Wildman–Crippen MR) is 150 cm³/mol. The molecule has 3 aromatic rings. The molecule has 0 unspecified atom stereocenters. The molecule has 2 N–H and O–H groups in total. The zero-order valence-electron chi connectivity index (χ0n) is 20.0. The normalized spacial score (nSPS) is 14.1. The maximum Gasteiger partial charge on any atom is 0.329 e. The number of nitrogens with one attached hydrogen (secondary N) is 2.